The maximum Gasteiger partial charge on any atom is 0.0431 e. The second kappa shape index (κ2) is 16.2. The zero-order valence-corrected chi connectivity index (χ0v) is 11.3. The average Bonchev–Trinajstić information content (AvgIpc) is 2.16. The summed E-state index contributed by atoms with van der Waals surface area (Å²) < 4.78 is 0. The first-order valence-electron chi connectivity index (χ1n) is 6.02. The van der Waals surface area contributed by atoms with Crippen molar-refractivity contribution in [2.75, 3.05) is 6.61 Å². The molecule has 2 radical (unpaired) electrons. The molecule has 0 aliphatic carbocycles. The molecule has 0 aliphatic heterocycles. The van der Waals surface area contributed by atoms with E-state index in [-0.39, 0.29) is 23.1 Å². The van der Waals surface area contributed by atoms with Crippen LogP contribution in [0.15, 0.2) is 0 Å². The maximum atomic E-state index is 8.57. The van der Waals surface area contributed by atoms with Crippen LogP contribution >= 0.6 is 0 Å². The monoisotopic (exact) mass is 210 g/mol. The molecule has 0 saturated heterocycles. The van der Waals surface area contributed by atoms with Gasteiger partial charge in [0.05, 0.1) is 0 Å². The fraction of sp³-hybridized carbons (Fsp3) is 1.00. The minimum absolute atomic E-state index is 0. The second-order valence-corrected chi connectivity index (χ2v) is 3.91. The molecule has 1 N–H and O–H groups in total. The summed E-state index contributed by atoms with van der Waals surface area (Å²) in [5.74, 6) is 0. The van der Waals surface area contributed by atoms with Crippen molar-refractivity contribution in [2.24, 2.45) is 0 Å². The van der Waals surface area contributed by atoms with E-state index in [0.717, 1.165) is 6.42 Å². The number of unbranched alkanes of at least 4 members (excludes halogenated alkanes) is 9. The van der Waals surface area contributed by atoms with Crippen molar-refractivity contribution in [1.29, 1.82) is 0 Å². The summed E-state index contributed by atoms with van der Waals surface area (Å²) in [5.41, 5.74) is 0. The van der Waals surface area contributed by atoms with Crippen molar-refractivity contribution in [3.8, 4) is 0 Å². The molecule has 14 heavy (non-hydrogen) atoms. The van der Waals surface area contributed by atoms with Crippen molar-refractivity contribution in [3.63, 3.8) is 0 Å². The van der Waals surface area contributed by atoms with Crippen LogP contribution in [0.4, 0.5) is 0 Å². The molecule has 0 aromatic rings. The molecule has 0 fully saturated rings. The van der Waals surface area contributed by atoms with Crippen LogP contribution < -0.4 is 0 Å². The number of aliphatic hydroxyl groups excluding tert-OH is 1. The minimum Gasteiger partial charge on any atom is -0.396 e. The Morgan fingerprint density at radius 3 is 1.36 bits per heavy atom. The van der Waals surface area contributed by atoms with Crippen LogP contribution in [-0.2, 0) is 0 Å². The summed E-state index contributed by atoms with van der Waals surface area (Å²) in [4.78, 5) is 0. The Kier molecular flexibility index (Phi) is 19.8. The van der Waals surface area contributed by atoms with Crippen molar-refractivity contribution in [1.82, 2.24) is 0 Å². The van der Waals surface area contributed by atoms with E-state index in [1.165, 1.54) is 57.8 Å². The van der Waals surface area contributed by atoms with Crippen LogP contribution in [-0.4, -0.2) is 34.8 Å². The minimum atomic E-state index is 0. The van der Waals surface area contributed by atoms with Crippen LogP contribution in [0.5, 0.6) is 0 Å². The van der Waals surface area contributed by atoms with Crippen molar-refractivity contribution >= 4 is 23.1 Å². The van der Waals surface area contributed by atoms with Gasteiger partial charge in [-0.1, -0.05) is 64.7 Å². The highest BCUT2D eigenvalue weighted by Crippen LogP contribution is 2.09. The zero-order valence-electron chi connectivity index (χ0n) is 9.93. The molecule has 0 aromatic heterocycles. The molecule has 2 heteroatoms. The lowest BCUT2D eigenvalue weighted by Gasteiger charge is -2.00. The molecule has 0 unspecified atom stereocenters. The molecule has 0 spiro atoms. The summed E-state index contributed by atoms with van der Waals surface area (Å²) in [7, 11) is 0. The number of rotatable bonds is 10. The molecule has 0 aliphatic rings. The first-order chi connectivity index (χ1) is 6.41. The van der Waals surface area contributed by atoms with E-state index in [2.05, 4.69) is 6.92 Å². The summed E-state index contributed by atoms with van der Waals surface area (Å²) in [6.07, 6.45) is 13.3. The predicted molar refractivity (Wildman–Crippen MR) is 64.7 cm³/mol. The standard InChI is InChI=1S/C12H26O.Mg/c1-2-3-4-5-6-7-8-9-10-11-12-13;/h13H,2-12H2,1H3;. The van der Waals surface area contributed by atoms with E-state index in [1.54, 1.807) is 0 Å². The van der Waals surface area contributed by atoms with Crippen LogP contribution in [0.25, 0.3) is 0 Å². The molecule has 0 atom stereocenters. The van der Waals surface area contributed by atoms with Crippen molar-refractivity contribution in [3.05, 3.63) is 0 Å². The third kappa shape index (κ3) is 15.2. The smallest absolute Gasteiger partial charge is 0.0431 e. The predicted octanol–water partition coefficient (Wildman–Crippen LogP) is 3.52. The molecular weight excluding hydrogens is 184 g/mol. The van der Waals surface area contributed by atoms with E-state index in [1.807, 2.05) is 0 Å². The van der Waals surface area contributed by atoms with Crippen molar-refractivity contribution < 1.29 is 5.11 Å². The molecule has 0 bridgehead atoms. The first-order valence-corrected chi connectivity index (χ1v) is 6.02. The molecule has 0 rings (SSSR count). The summed E-state index contributed by atoms with van der Waals surface area (Å²) in [5, 5.41) is 8.57. The molecule has 1 nitrogen and oxygen atoms in total. The lowest BCUT2D eigenvalue weighted by Crippen LogP contribution is -1.84. The average molecular weight is 211 g/mol. The van der Waals surface area contributed by atoms with E-state index >= 15 is 0 Å². The Bertz CT molecular complexity index is 76.4. The molecule has 0 aromatic carbocycles. The van der Waals surface area contributed by atoms with Gasteiger partial charge in [-0.2, -0.15) is 0 Å². The van der Waals surface area contributed by atoms with E-state index < -0.39 is 0 Å². The third-order valence-electron chi connectivity index (χ3n) is 2.51. The maximum absolute atomic E-state index is 8.57. The molecule has 82 valence electrons. The summed E-state index contributed by atoms with van der Waals surface area (Å²) in [6.45, 7) is 2.63. The van der Waals surface area contributed by atoms with Crippen LogP contribution in [0.2, 0.25) is 0 Å². The Morgan fingerprint density at radius 1 is 0.643 bits per heavy atom. The zero-order chi connectivity index (χ0) is 9.78. The highest BCUT2D eigenvalue weighted by Gasteiger charge is 1.91. The fourth-order valence-electron chi connectivity index (χ4n) is 1.60. The topological polar surface area (TPSA) is 20.2 Å². The summed E-state index contributed by atoms with van der Waals surface area (Å²) >= 11 is 0. The van der Waals surface area contributed by atoms with Gasteiger partial charge in [0.2, 0.25) is 0 Å². The van der Waals surface area contributed by atoms with Gasteiger partial charge in [0.25, 0.3) is 0 Å². The van der Waals surface area contributed by atoms with E-state index in [0.29, 0.717) is 6.61 Å². The number of aliphatic hydroxyl groups is 1. The van der Waals surface area contributed by atoms with Gasteiger partial charge >= 0.3 is 0 Å². The third-order valence-corrected chi connectivity index (χ3v) is 2.51. The van der Waals surface area contributed by atoms with Crippen molar-refractivity contribution in [2.45, 2.75) is 71.1 Å². The highest BCUT2D eigenvalue weighted by molar-refractivity contribution is 5.75. The Labute approximate surface area is 106 Å². The van der Waals surface area contributed by atoms with Gasteiger partial charge in [0.15, 0.2) is 0 Å². The van der Waals surface area contributed by atoms with Gasteiger partial charge < -0.3 is 5.11 Å². The molecule has 0 amide bonds. The SMILES string of the molecule is CCCCCCCCCCCCO.[Mg]. The normalized spacial score (nSPS) is 9.86. The Hall–Kier alpha value is 0.726. The van der Waals surface area contributed by atoms with Crippen LogP contribution in [0.1, 0.15) is 71.1 Å². The molecule has 0 heterocycles. The Balaban J connectivity index is 0. The van der Waals surface area contributed by atoms with Gasteiger partial charge in [-0.15, -0.1) is 0 Å². The quantitative estimate of drug-likeness (QED) is 0.432. The van der Waals surface area contributed by atoms with Gasteiger partial charge in [0.1, 0.15) is 0 Å². The first kappa shape index (κ1) is 17.1. The van der Waals surface area contributed by atoms with Crippen LogP contribution in [0.3, 0.4) is 0 Å². The highest BCUT2D eigenvalue weighted by atomic mass is 24.3. The number of hydrogen-bond donors (Lipinski definition) is 1. The Morgan fingerprint density at radius 2 is 1.00 bits per heavy atom. The van der Waals surface area contributed by atoms with E-state index in [9.17, 15) is 0 Å². The van der Waals surface area contributed by atoms with Gasteiger partial charge in [-0.3, -0.25) is 0 Å². The van der Waals surface area contributed by atoms with Gasteiger partial charge in [-0.25, -0.2) is 0 Å². The van der Waals surface area contributed by atoms with Crippen LogP contribution in [0, 0.1) is 0 Å². The second-order valence-electron chi connectivity index (χ2n) is 3.91. The van der Waals surface area contributed by atoms with E-state index in [4.69, 9.17) is 5.11 Å². The van der Waals surface area contributed by atoms with Gasteiger partial charge in [-0.05, 0) is 6.42 Å². The van der Waals surface area contributed by atoms with Gasteiger partial charge in [0, 0.05) is 29.7 Å². The lowest BCUT2D eigenvalue weighted by atomic mass is 10.1. The summed E-state index contributed by atoms with van der Waals surface area (Å²) in [6, 6.07) is 0. The number of hydrogen-bond acceptors (Lipinski definition) is 1. The lowest BCUT2D eigenvalue weighted by molar-refractivity contribution is 0.282. The largest absolute Gasteiger partial charge is 0.396 e. The molecular formula is C12H26MgO. The molecule has 0 saturated carbocycles. The fourth-order valence-corrected chi connectivity index (χ4v) is 1.60.